The Hall–Kier alpha value is -2.96. The Morgan fingerprint density at radius 3 is 2.41 bits per heavy atom. The average molecular weight is 467 g/mol. The summed E-state index contributed by atoms with van der Waals surface area (Å²) >= 11 is 7.62. The summed E-state index contributed by atoms with van der Waals surface area (Å²) in [4.78, 5) is 18.0. The van der Waals surface area contributed by atoms with Gasteiger partial charge < -0.3 is 9.47 Å². The molecule has 4 aromatic rings. The van der Waals surface area contributed by atoms with Crippen LogP contribution in [0.4, 0.5) is 0 Å². The van der Waals surface area contributed by atoms with Gasteiger partial charge in [-0.05, 0) is 55.0 Å². The Labute approximate surface area is 196 Å². The Balaban J connectivity index is 1.52. The highest BCUT2D eigenvalue weighted by atomic mass is 35.5. The van der Waals surface area contributed by atoms with Crippen molar-refractivity contribution in [3.05, 3.63) is 93.7 Å². The fourth-order valence-electron chi connectivity index (χ4n) is 3.28. The molecule has 0 fully saturated rings. The van der Waals surface area contributed by atoms with Crippen LogP contribution in [0.1, 0.15) is 12.5 Å². The van der Waals surface area contributed by atoms with Gasteiger partial charge in [0, 0.05) is 10.8 Å². The van der Waals surface area contributed by atoms with Crippen LogP contribution in [0.5, 0.6) is 11.5 Å². The molecule has 1 aromatic heterocycles. The third kappa shape index (κ3) is 5.44. The van der Waals surface area contributed by atoms with Crippen LogP contribution in [0.2, 0.25) is 5.02 Å². The number of fused-ring (bicyclic) bond motifs is 1. The van der Waals surface area contributed by atoms with Crippen LogP contribution >= 0.6 is 23.4 Å². The summed E-state index contributed by atoms with van der Waals surface area (Å²) in [6.45, 7) is 3.51. The molecule has 5 nitrogen and oxygen atoms in total. The molecule has 7 heteroatoms. The summed E-state index contributed by atoms with van der Waals surface area (Å²) in [6.07, 6.45) is 0. The molecule has 4 rings (SSSR count). The maximum Gasteiger partial charge on any atom is 0.262 e. The number of rotatable bonds is 9. The molecule has 0 unspecified atom stereocenters. The molecule has 3 aromatic carbocycles. The molecule has 0 bridgehead atoms. The average Bonchev–Trinajstić information content (AvgIpc) is 2.81. The molecule has 0 amide bonds. The van der Waals surface area contributed by atoms with E-state index in [0.29, 0.717) is 46.6 Å². The summed E-state index contributed by atoms with van der Waals surface area (Å²) in [5.74, 6) is 2.23. The minimum absolute atomic E-state index is 0.0783. The summed E-state index contributed by atoms with van der Waals surface area (Å²) in [5, 5.41) is 1.75. The van der Waals surface area contributed by atoms with Gasteiger partial charge >= 0.3 is 0 Å². The number of thioether (sulfide) groups is 1. The Bertz CT molecular complexity index is 1240. The fraction of sp³-hybridized carbons (Fsp3) is 0.200. The van der Waals surface area contributed by atoms with E-state index in [9.17, 15) is 4.79 Å². The number of hydrogen-bond donors (Lipinski definition) is 0. The van der Waals surface area contributed by atoms with Gasteiger partial charge in [0.25, 0.3) is 5.56 Å². The molecule has 0 spiro atoms. The largest absolute Gasteiger partial charge is 0.494 e. The molecule has 164 valence electrons. The molecule has 0 radical (unpaired) electrons. The zero-order valence-corrected chi connectivity index (χ0v) is 19.2. The van der Waals surface area contributed by atoms with Crippen molar-refractivity contribution in [2.75, 3.05) is 19.0 Å². The summed E-state index contributed by atoms with van der Waals surface area (Å²) in [5.41, 5.74) is 1.56. The smallest absolute Gasteiger partial charge is 0.262 e. The molecule has 0 saturated carbocycles. The van der Waals surface area contributed by atoms with Crippen molar-refractivity contribution >= 4 is 34.3 Å². The number of hydrogen-bond acceptors (Lipinski definition) is 5. The molecular formula is C25H23ClN2O3S. The second-order valence-electron chi connectivity index (χ2n) is 7.03. The van der Waals surface area contributed by atoms with Crippen LogP contribution in [-0.2, 0) is 6.54 Å². The van der Waals surface area contributed by atoms with Crippen molar-refractivity contribution in [2.45, 2.75) is 18.6 Å². The Morgan fingerprint density at radius 2 is 1.69 bits per heavy atom. The second-order valence-corrected chi connectivity index (χ2v) is 8.53. The zero-order chi connectivity index (χ0) is 22.3. The molecule has 0 saturated heterocycles. The van der Waals surface area contributed by atoms with E-state index in [1.54, 1.807) is 22.8 Å². The molecule has 0 aliphatic rings. The lowest BCUT2D eigenvalue weighted by molar-refractivity contribution is 0.332. The third-order valence-corrected chi connectivity index (χ3v) is 5.96. The van der Waals surface area contributed by atoms with Crippen LogP contribution in [0.15, 0.2) is 82.7 Å². The van der Waals surface area contributed by atoms with E-state index in [0.717, 1.165) is 17.1 Å². The predicted octanol–water partition coefficient (Wildman–Crippen LogP) is 5.67. The molecule has 1 heterocycles. The molecule has 0 N–H and O–H groups in total. The van der Waals surface area contributed by atoms with Crippen molar-refractivity contribution in [3.8, 4) is 11.5 Å². The second kappa shape index (κ2) is 10.6. The van der Waals surface area contributed by atoms with Crippen molar-refractivity contribution in [3.63, 3.8) is 0 Å². The number of halogens is 1. The van der Waals surface area contributed by atoms with Crippen molar-refractivity contribution in [2.24, 2.45) is 0 Å². The van der Waals surface area contributed by atoms with Crippen LogP contribution in [0.3, 0.4) is 0 Å². The SMILES string of the molecule is CCOc1ccc(OCCSc2nc3cc(Cl)ccc3c(=O)n2Cc2ccccc2)cc1. The van der Waals surface area contributed by atoms with Gasteiger partial charge in [0.15, 0.2) is 5.16 Å². The molecule has 0 aliphatic carbocycles. The van der Waals surface area contributed by atoms with Gasteiger partial charge in [-0.25, -0.2) is 4.98 Å². The van der Waals surface area contributed by atoms with E-state index in [2.05, 4.69) is 0 Å². The van der Waals surface area contributed by atoms with E-state index in [4.69, 9.17) is 26.1 Å². The Morgan fingerprint density at radius 1 is 0.969 bits per heavy atom. The van der Waals surface area contributed by atoms with Gasteiger partial charge in [-0.3, -0.25) is 9.36 Å². The lowest BCUT2D eigenvalue weighted by Crippen LogP contribution is -2.24. The number of benzene rings is 3. The molecular weight excluding hydrogens is 444 g/mol. The summed E-state index contributed by atoms with van der Waals surface area (Å²) in [7, 11) is 0. The molecule has 0 atom stereocenters. The first-order chi connectivity index (χ1) is 15.6. The van der Waals surface area contributed by atoms with Crippen molar-refractivity contribution in [1.82, 2.24) is 9.55 Å². The third-order valence-electron chi connectivity index (χ3n) is 4.78. The molecule has 32 heavy (non-hydrogen) atoms. The number of aromatic nitrogens is 2. The fourth-order valence-corrected chi connectivity index (χ4v) is 4.26. The van der Waals surface area contributed by atoms with Crippen molar-refractivity contribution < 1.29 is 9.47 Å². The number of nitrogens with zero attached hydrogens (tertiary/aromatic N) is 2. The topological polar surface area (TPSA) is 53.4 Å². The molecule has 0 aliphatic heterocycles. The maximum atomic E-state index is 13.2. The highest BCUT2D eigenvalue weighted by Gasteiger charge is 2.13. The van der Waals surface area contributed by atoms with E-state index in [1.165, 1.54) is 11.8 Å². The van der Waals surface area contributed by atoms with Crippen LogP contribution in [-0.4, -0.2) is 28.5 Å². The number of ether oxygens (including phenoxy) is 2. The van der Waals surface area contributed by atoms with E-state index in [1.807, 2.05) is 61.5 Å². The van der Waals surface area contributed by atoms with Gasteiger partial charge in [-0.15, -0.1) is 0 Å². The summed E-state index contributed by atoms with van der Waals surface area (Å²) in [6, 6.07) is 22.6. The minimum atomic E-state index is -0.0783. The van der Waals surface area contributed by atoms with Crippen molar-refractivity contribution in [1.29, 1.82) is 0 Å². The van der Waals surface area contributed by atoms with E-state index in [-0.39, 0.29) is 5.56 Å². The first kappa shape index (κ1) is 22.2. The van der Waals surface area contributed by atoms with Gasteiger partial charge in [0.1, 0.15) is 11.5 Å². The highest BCUT2D eigenvalue weighted by Crippen LogP contribution is 2.22. The van der Waals surface area contributed by atoms with E-state index >= 15 is 0 Å². The van der Waals surface area contributed by atoms with Crippen LogP contribution in [0, 0.1) is 0 Å². The highest BCUT2D eigenvalue weighted by molar-refractivity contribution is 7.99. The quantitative estimate of drug-likeness (QED) is 0.181. The van der Waals surface area contributed by atoms with Gasteiger partial charge in [-0.1, -0.05) is 53.7 Å². The zero-order valence-electron chi connectivity index (χ0n) is 17.7. The monoisotopic (exact) mass is 466 g/mol. The Kier molecular flexibility index (Phi) is 7.35. The van der Waals surface area contributed by atoms with Crippen LogP contribution < -0.4 is 15.0 Å². The first-order valence-corrected chi connectivity index (χ1v) is 11.7. The van der Waals surface area contributed by atoms with Gasteiger partial charge in [-0.2, -0.15) is 0 Å². The lowest BCUT2D eigenvalue weighted by atomic mass is 10.2. The van der Waals surface area contributed by atoms with Gasteiger partial charge in [0.2, 0.25) is 0 Å². The first-order valence-electron chi connectivity index (χ1n) is 10.4. The summed E-state index contributed by atoms with van der Waals surface area (Å²) < 4.78 is 13.0. The normalized spacial score (nSPS) is 10.9. The standard InChI is InChI=1S/C25H23ClN2O3S/c1-2-30-20-9-11-21(12-10-20)31-14-15-32-25-27-23-16-19(26)8-13-22(23)24(29)28(25)17-18-6-4-3-5-7-18/h3-13,16H,2,14-15,17H2,1H3. The lowest BCUT2D eigenvalue weighted by Gasteiger charge is -2.14. The van der Waals surface area contributed by atoms with Crippen LogP contribution in [0.25, 0.3) is 10.9 Å². The van der Waals surface area contributed by atoms with E-state index < -0.39 is 0 Å². The predicted molar refractivity (Wildman–Crippen MR) is 130 cm³/mol. The maximum absolute atomic E-state index is 13.2. The minimum Gasteiger partial charge on any atom is -0.494 e. The van der Waals surface area contributed by atoms with Gasteiger partial charge in [0.05, 0.1) is 30.7 Å².